The molecule has 1 fully saturated rings. The molecule has 0 saturated carbocycles. The van der Waals surface area contributed by atoms with Crippen LogP contribution in [0, 0.1) is 0 Å². The van der Waals surface area contributed by atoms with Crippen molar-refractivity contribution in [3.8, 4) is 0 Å². The summed E-state index contributed by atoms with van der Waals surface area (Å²) in [5, 5.41) is 4.25. The summed E-state index contributed by atoms with van der Waals surface area (Å²) in [5.74, 6) is 0.896. The molecular weight excluding hydrogens is 464 g/mol. The molecule has 2 aromatic rings. The fourth-order valence-electron chi connectivity index (χ4n) is 3.07. The maximum absolute atomic E-state index is 12.9. The van der Waals surface area contributed by atoms with E-state index in [9.17, 15) is 21.6 Å². The van der Waals surface area contributed by atoms with E-state index in [1.807, 2.05) is 6.07 Å². The van der Waals surface area contributed by atoms with Crippen molar-refractivity contribution in [2.24, 2.45) is 0 Å². The monoisotopic (exact) mass is 488 g/mol. The molecule has 0 bridgehead atoms. The van der Waals surface area contributed by atoms with Crippen molar-refractivity contribution < 1.29 is 21.6 Å². The largest absolute Gasteiger partial charge is 0.351 e. The van der Waals surface area contributed by atoms with Crippen molar-refractivity contribution in [2.45, 2.75) is 17.1 Å². The number of hydrogen-bond acceptors (Lipinski definition) is 7. The summed E-state index contributed by atoms with van der Waals surface area (Å²) in [7, 11) is -6.99. The number of rotatable bonds is 9. The molecule has 30 heavy (non-hydrogen) atoms. The molecule has 1 aliphatic rings. The molecule has 0 aliphatic carbocycles. The Bertz CT molecular complexity index is 1060. The maximum atomic E-state index is 12.9. The number of thioether (sulfide) groups is 1. The van der Waals surface area contributed by atoms with Gasteiger partial charge in [-0.2, -0.15) is 16.1 Å². The van der Waals surface area contributed by atoms with E-state index in [1.165, 1.54) is 10.4 Å². The van der Waals surface area contributed by atoms with E-state index in [-0.39, 0.29) is 34.2 Å². The SMILES string of the molecule is O=C(NCCCS(=O)(=O)Cc1ccccc1)c1sccc1S(=O)(=O)N1CCSCC1. The van der Waals surface area contributed by atoms with E-state index in [2.05, 4.69) is 5.32 Å². The first-order chi connectivity index (χ1) is 14.3. The Morgan fingerprint density at radius 3 is 2.43 bits per heavy atom. The first kappa shape index (κ1) is 23.3. The summed E-state index contributed by atoms with van der Waals surface area (Å²) in [5.41, 5.74) is 0.728. The highest BCUT2D eigenvalue weighted by atomic mass is 32.2. The second kappa shape index (κ2) is 10.3. The lowest BCUT2D eigenvalue weighted by atomic mass is 10.2. The van der Waals surface area contributed by atoms with Gasteiger partial charge in [0.2, 0.25) is 10.0 Å². The van der Waals surface area contributed by atoms with Crippen LogP contribution in [0.15, 0.2) is 46.7 Å². The van der Waals surface area contributed by atoms with Crippen molar-refractivity contribution in [1.29, 1.82) is 0 Å². The molecule has 1 amide bonds. The van der Waals surface area contributed by atoms with Crippen LogP contribution < -0.4 is 5.32 Å². The number of nitrogens with one attached hydrogen (secondary N) is 1. The van der Waals surface area contributed by atoms with Gasteiger partial charge in [0.1, 0.15) is 9.77 Å². The number of benzene rings is 1. The summed E-state index contributed by atoms with van der Waals surface area (Å²) < 4.78 is 51.6. The highest BCUT2D eigenvalue weighted by molar-refractivity contribution is 7.99. The first-order valence-corrected chi connectivity index (χ1v) is 14.8. The quantitative estimate of drug-likeness (QED) is 0.543. The molecule has 11 heteroatoms. The second-order valence-corrected chi connectivity index (χ2v) is 13.0. The number of nitrogens with zero attached hydrogens (tertiary/aromatic N) is 1. The lowest BCUT2D eigenvalue weighted by Gasteiger charge is -2.25. The van der Waals surface area contributed by atoms with E-state index in [4.69, 9.17) is 0 Å². The van der Waals surface area contributed by atoms with Crippen molar-refractivity contribution in [2.75, 3.05) is 36.9 Å². The van der Waals surface area contributed by atoms with Crippen LogP contribution in [-0.2, 0) is 25.6 Å². The number of carbonyl (C=O) groups excluding carboxylic acids is 1. The number of hydrogen-bond donors (Lipinski definition) is 1. The van der Waals surface area contributed by atoms with Crippen molar-refractivity contribution in [3.05, 3.63) is 52.2 Å². The smallest absolute Gasteiger partial charge is 0.262 e. The molecule has 0 radical (unpaired) electrons. The topological polar surface area (TPSA) is 101 Å². The third-order valence-electron chi connectivity index (χ3n) is 4.57. The zero-order valence-electron chi connectivity index (χ0n) is 16.3. The normalized spacial score (nSPS) is 15.7. The van der Waals surface area contributed by atoms with Crippen LogP contribution in [-0.4, -0.2) is 63.9 Å². The molecular formula is C19H24N2O5S4. The van der Waals surface area contributed by atoms with Crippen LogP contribution in [0.4, 0.5) is 0 Å². The molecule has 164 valence electrons. The van der Waals surface area contributed by atoms with Gasteiger partial charge in [-0.05, 0) is 23.4 Å². The van der Waals surface area contributed by atoms with Gasteiger partial charge in [-0.25, -0.2) is 16.8 Å². The van der Waals surface area contributed by atoms with Crippen molar-refractivity contribution in [1.82, 2.24) is 9.62 Å². The van der Waals surface area contributed by atoms with Gasteiger partial charge >= 0.3 is 0 Å². The Morgan fingerprint density at radius 1 is 1.03 bits per heavy atom. The second-order valence-electron chi connectivity index (χ2n) is 6.82. The van der Waals surface area contributed by atoms with Crippen LogP contribution in [0.1, 0.15) is 21.7 Å². The van der Waals surface area contributed by atoms with Crippen LogP contribution in [0.5, 0.6) is 0 Å². The van der Waals surface area contributed by atoms with Gasteiger partial charge in [0, 0.05) is 31.1 Å². The summed E-state index contributed by atoms with van der Waals surface area (Å²) >= 11 is 2.78. The number of sulfonamides is 1. The van der Waals surface area contributed by atoms with E-state index in [1.54, 1.807) is 41.4 Å². The fourth-order valence-corrected chi connectivity index (χ4v) is 8.39. The Labute approximate surface area is 185 Å². The third kappa shape index (κ3) is 6.07. The third-order valence-corrected chi connectivity index (χ3v) is 10.2. The molecule has 0 spiro atoms. The van der Waals surface area contributed by atoms with Gasteiger partial charge in [-0.3, -0.25) is 4.79 Å². The highest BCUT2D eigenvalue weighted by Crippen LogP contribution is 2.27. The van der Waals surface area contributed by atoms with Gasteiger partial charge in [-0.15, -0.1) is 11.3 Å². The van der Waals surface area contributed by atoms with Gasteiger partial charge < -0.3 is 5.32 Å². The summed E-state index contributed by atoms with van der Waals surface area (Å²) in [6.45, 7) is 1.02. The Kier molecular flexibility index (Phi) is 7.97. The summed E-state index contributed by atoms with van der Waals surface area (Å²) in [6, 6.07) is 10.4. The highest BCUT2D eigenvalue weighted by Gasteiger charge is 2.31. The van der Waals surface area contributed by atoms with E-state index >= 15 is 0 Å². The Balaban J connectivity index is 1.54. The van der Waals surface area contributed by atoms with Crippen molar-refractivity contribution in [3.63, 3.8) is 0 Å². The van der Waals surface area contributed by atoms with Crippen LogP contribution in [0.3, 0.4) is 0 Å². The Hall–Kier alpha value is -1.40. The zero-order chi connectivity index (χ0) is 21.6. The number of sulfone groups is 1. The molecule has 1 aliphatic heterocycles. The zero-order valence-corrected chi connectivity index (χ0v) is 19.6. The van der Waals surface area contributed by atoms with Crippen LogP contribution in [0.25, 0.3) is 0 Å². The molecule has 1 aromatic heterocycles. The lowest BCUT2D eigenvalue weighted by molar-refractivity contribution is 0.0954. The molecule has 2 heterocycles. The average molecular weight is 489 g/mol. The minimum Gasteiger partial charge on any atom is -0.351 e. The summed E-state index contributed by atoms with van der Waals surface area (Å²) in [4.78, 5) is 12.7. The molecule has 0 unspecified atom stereocenters. The van der Waals surface area contributed by atoms with Gasteiger partial charge in [-0.1, -0.05) is 30.3 Å². The molecule has 0 atom stereocenters. The van der Waals surface area contributed by atoms with Crippen molar-refractivity contribution >= 4 is 48.9 Å². The number of thiophene rings is 1. The van der Waals surface area contributed by atoms with Gasteiger partial charge in [0.05, 0.1) is 11.5 Å². The van der Waals surface area contributed by atoms with E-state index in [0.29, 0.717) is 13.1 Å². The van der Waals surface area contributed by atoms with E-state index < -0.39 is 25.8 Å². The van der Waals surface area contributed by atoms with Crippen LogP contribution >= 0.6 is 23.1 Å². The minimum absolute atomic E-state index is 0.0219. The average Bonchev–Trinajstić information content (AvgIpc) is 3.23. The molecule has 3 rings (SSSR count). The maximum Gasteiger partial charge on any atom is 0.262 e. The fraction of sp³-hybridized carbons (Fsp3) is 0.421. The van der Waals surface area contributed by atoms with Gasteiger partial charge in [0.25, 0.3) is 5.91 Å². The molecule has 7 nitrogen and oxygen atoms in total. The lowest BCUT2D eigenvalue weighted by Crippen LogP contribution is -2.38. The predicted octanol–water partition coefficient (Wildman–Crippen LogP) is 2.22. The minimum atomic E-state index is -3.71. The van der Waals surface area contributed by atoms with Gasteiger partial charge in [0.15, 0.2) is 9.84 Å². The first-order valence-electron chi connectivity index (χ1n) is 9.47. The predicted molar refractivity (Wildman–Crippen MR) is 121 cm³/mol. The molecule has 1 aromatic carbocycles. The molecule has 1 N–H and O–H groups in total. The summed E-state index contributed by atoms with van der Waals surface area (Å²) in [6.07, 6.45) is 0.262. The number of carbonyl (C=O) groups is 1. The Morgan fingerprint density at radius 2 is 1.73 bits per heavy atom. The standard InChI is InChI=1S/C19H24N2O5S4/c22-19(20-8-4-14-29(23,24)15-16-5-2-1-3-6-16)18-17(7-11-28-18)30(25,26)21-9-12-27-13-10-21/h1-3,5-7,11H,4,8-10,12-15H2,(H,20,22). The molecule has 1 saturated heterocycles. The van der Waals surface area contributed by atoms with Crippen LogP contribution in [0.2, 0.25) is 0 Å². The van der Waals surface area contributed by atoms with E-state index in [0.717, 1.165) is 28.4 Å². The number of amides is 1.